The van der Waals surface area contributed by atoms with E-state index in [-0.39, 0.29) is 12.0 Å². The molecule has 0 saturated heterocycles. The standard InChI is InChI=1S/C17H16O4/c1-2-17(15(18)19,16(20)21)14-10-8-13(9-11-14)12-6-4-3-5-7-12/h3-11H,2H2,1H3,(H,18,19)(H,20,21). The summed E-state index contributed by atoms with van der Waals surface area (Å²) < 4.78 is 0. The fourth-order valence-electron chi connectivity index (χ4n) is 2.42. The van der Waals surface area contributed by atoms with Gasteiger partial charge < -0.3 is 10.2 Å². The van der Waals surface area contributed by atoms with Gasteiger partial charge in [-0.05, 0) is 23.1 Å². The van der Waals surface area contributed by atoms with Crippen LogP contribution < -0.4 is 0 Å². The van der Waals surface area contributed by atoms with Crippen molar-refractivity contribution in [3.05, 3.63) is 60.2 Å². The van der Waals surface area contributed by atoms with Crippen LogP contribution in [0.3, 0.4) is 0 Å². The highest BCUT2D eigenvalue weighted by atomic mass is 16.4. The van der Waals surface area contributed by atoms with Crippen molar-refractivity contribution in [3.8, 4) is 11.1 Å². The molecule has 108 valence electrons. The molecule has 0 amide bonds. The lowest BCUT2D eigenvalue weighted by molar-refractivity contribution is -0.157. The van der Waals surface area contributed by atoms with E-state index in [1.807, 2.05) is 30.3 Å². The summed E-state index contributed by atoms with van der Waals surface area (Å²) in [6, 6.07) is 16.3. The molecule has 0 aliphatic carbocycles. The van der Waals surface area contributed by atoms with Gasteiger partial charge in [0.25, 0.3) is 0 Å². The molecule has 0 fully saturated rings. The molecule has 4 heteroatoms. The molecule has 0 bridgehead atoms. The highest BCUT2D eigenvalue weighted by Gasteiger charge is 2.46. The van der Waals surface area contributed by atoms with Crippen LogP contribution in [-0.4, -0.2) is 22.2 Å². The minimum atomic E-state index is -1.89. The number of hydrogen-bond donors (Lipinski definition) is 2. The van der Waals surface area contributed by atoms with Crippen LogP contribution in [0.2, 0.25) is 0 Å². The Morgan fingerprint density at radius 1 is 0.857 bits per heavy atom. The Morgan fingerprint density at radius 2 is 1.33 bits per heavy atom. The molecule has 4 nitrogen and oxygen atoms in total. The van der Waals surface area contributed by atoms with Gasteiger partial charge in [-0.1, -0.05) is 61.5 Å². The van der Waals surface area contributed by atoms with Gasteiger partial charge in [0.1, 0.15) is 0 Å². The van der Waals surface area contributed by atoms with E-state index in [2.05, 4.69) is 0 Å². The zero-order valence-corrected chi connectivity index (χ0v) is 11.6. The van der Waals surface area contributed by atoms with Crippen molar-refractivity contribution in [3.63, 3.8) is 0 Å². The van der Waals surface area contributed by atoms with E-state index >= 15 is 0 Å². The average Bonchev–Trinajstić information content (AvgIpc) is 2.49. The van der Waals surface area contributed by atoms with Crippen molar-refractivity contribution >= 4 is 11.9 Å². The maximum atomic E-state index is 11.5. The topological polar surface area (TPSA) is 74.6 Å². The number of benzene rings is 2. The van der Waals surface area contributed by atoms with Gasteiger partial charge >= 0.3 is 11.9 Å². The first kappa shape index (κ1) is 14.8. The Bertz CT molecular complexity index is 630. The molecule has 0 aliphatic rings. The molecule has 0 aliphatic heterocycles. The van der Waals surface area contributed by atoms with E-state index in [4.69, 9.17) is 0 Å². The first-order valence-corrected chi connectivity index (χ1v) is 6.65. The summed E-state index contributed by atoms with van der Waals surface area (Å²) in [6.07, 6.45) is -0.0116. The first-order valence-electron chi connectivity index (χ1n) is 6.65. The summed E-state index contributed by atoms with van der Waals surface area (Å²) >= 11 is 0. The van der Waals surface area contributed by atoms with Crippen molar-refractivity contribution in [1.29, 1.82) is 0 Å². The average molecular weight is 284 g/mol. The highest BCUT2D eigenvalue weighted by Crippen LogP contribution is 2.31. The van der Waals surface area contributed by atoms with E-state index in [9.17, 15) is 19.8 Å². The van der Waals surface area contributed by atoms with E-state index in [0.29, 0.717) is 0 Å². The third-order valence-corrected chi connectivity index (χ3v) is 3.75. The Balaban J connectivity index is 2.46. The molecule has 0 heterocycles. The van der Waals surface area contributed by atoms with E-state index in [1.165, 1.54) is 0 Å². The van der Waals surface area contributed by atoms with Gasteiger partial charge in [-0.25, -0.2) is 0 Å². The lowest BCUT2D eigenvalue weighted by Crippen LogP contribution is -2.43. The van der Waals surface area contributed by atoms with Crippen LogP contribution in [0.5, 0.6) is 0 Å². The maximum Gasteiger partial charge on any atom is 0.325 e. The summed E-state index contributed by atoms with van der Waals surface area (Å²) in [5.74, 6) is -2.69. The molecule has 2 aromatic rings. The molecule has 0 saturated carbocycles. The Hall–Kier alpha value is -2.62. The second-order valence-corrected chi connectivity index (χ2v) is 4.81. The molecular weight excluding hydrogens is 268 g/mol. The predicted octanol–water partition coefficient (Wildman–Crippen LogP) is 3.17. The van der Waals surface area contributed by atoms with Gasteiger partial charge in [0.2, 0.25) is 0 Å². The Labute approximate surface area is 122 Å². The zero-order valence-electron chi connectivity index (χ0n) is 11.6. The first-order chi connectivity index (χ1) is 10.0. The minimum absolute atomic E-state index is 0.0116. The smallest absolute Gasteiger partial charge is 0.325 e. The van der Waals surface area contributed by atoms with Crippen molar-refractivity contribution < 1.29 is 19.8 Å². The van der Waals surface area contributed by atoms with Gasteiger partial charge in [-0.3, -0.25) is 9.59 Å². The lowest BCUT2D eigenvalue weighted by Gasteiger charge is -2.23. The summed E-state index contributed by atoms with van der Waals surface area (Å²) in [4.78, 5) is 22.9. The molecule has 0 aromatic heterocycles. The third-order valence-electron chi connectivity index (χ3n) is 3.75. The SMILES string of the molecule is CCC(C(=O)O)(C(=O)O)c1ccc(-c2ccccc2)cc1. The molecule has 2 aromatic carbocycles. The van der Waals surface area contributed by atoms with Crippen LogP contribution in [0, 0.1) is 0 Å². The van der Waals surface area contributed by atoms with Crippen LogP contribution in [-0.2, 0) is 15.0 Å². The molecule has 0 radical (unpaired) electrons. The summed E-state index contributed by atoms with van der Waals surface area (Å²) in [5, 5.41) is 18.7. The van der Waals surface area contributed by atoms with Gasteiger partial charge in [-0.2, -0.15) is 0 Å². The fraction of sp³-hybridized carbons (Fsp3) is 0.176. The van der Waals surface area contributed by atoms with Crippen LogP contribution in [0.4, 0.5) is 0 Å². The maximum absolute atomic E-state index is 11.5. The van der Waals surface area contributed by atoms with E-state index in [0.717, 1.165) is 11.1 Å². The van der Waals surface area contributed by atoms with Crippen LogP contribution >= 0.6 is 0 Å². The Morgan fingerprint density at radius 3 is 1.76 bits per heavy atom. The van der Waals surface area contributed by atoms with Gasteiger partial charge in [0.05, 0.1) is 0 Å². The summed E-state index contributed by atoms with van der Waals surface area (Å²) in [5.41, 5.74) is 0.302. The van der Waals surface area contributed by atoms with Crippen LogP contribution in [0.15, 0.2) is 54.6 Å². The number of carboxylic acids is 2. The van der Waals surface area contributed by atoms with Crippen molar-refractivity contribution in [2.24, 2.45) is 0 Å². The largest absolute Gasteiger partial charge is 0.480 e. The third kappa shape index (κ3) is 2.52. The minimum Gasteiger partial charge on any atom is -0.480 e. The quantitative estimate of drug-likeness (QED) is 0.827. The molecule has 0 spiro atoms. The van der Waals surface area contributed by atoms with Crippen molar-refractivity contribution in [1.82, 2.24) is 0 Å². The normalized spacial score (nSPS) is 11.1. The van der Waals surface area contributed by atoms with Gasteiger partial charge in [-0.15, -0.1) is 0 Å². The summed E-state index contributed by atoms with van der Waals surface area (Å²) in [6.45, 7) is 1.56. The lowest BCUT2D eigenvalue weighted by atomic mass is 9.78. The van der Waals surface area contributed by atoms with E-state index < -0.39 is 17.4 Å². The Kier molecular flexibility index (Phi) is 4.08. The van der Waals surface area contributed by atoms with Gasteiger partial charge in [0.15, 0.2) is 5.41 Å². The molecule has 2 rings (SSSR count). The molecule has 0 atom stereocenters. The molecular formula is C17H16O4. The van der Waals surface area contributed by atoms with E-state index in [1.54, 1.807) is 31.2 Å². The second-order valence-electron chi connectivity index (χ2n) is 4.81. The molecule has 0 unspecified atom stereocenters. The van der Waals surface area contributed by atoms with Gasteiger partial charge in [0, 0.05) is 0 Å². The second kappa shape index (κ2) is 5.79. The number of aliphatic carboxylic acids is 2. The number of carbonyl (C=O) groups is 2. The van der Waals surface area contributed by atoms with Crippen LogP contribution in [0.25, 0.3) is 11.1 Å². The predicted molar refractivity (Wildman–Crippen MR) is 79.1 cm³/mol. The van der Waals surface area contributed by atoms with Crippen molar-refractivity contribution in [2.75, 3.05) is 0 Å². The summed E-state index contributed by atoms with van der Waals surface area (Å²) in [7, 11) is 0. The molecule has 21 heavy (non-hydrogen) atoms. The molecule has 2 N–H and O–H groups in total. The monoisotopic (exact) mass is 284 g/mol. The number of carboxylic acid groups (broad SMARTS) is 2. The fourth-order valence-corrected chi connectivity index (χ4v) is 2.42. The number of hydrogen-bond acceptors (Lipinski definition) is 2. The van der Waals surface area contributed by atoms with Crippen LogP contribution in [0.1, 0.15) is 18.9 Å². The highest BCUT2D eigenvalue weighted by molar-refractivity contribution is 6.04. The number of rotatable bonds is 5. The zero-order chi connectivity index (χ0) is 15.5. The van der Waals surface area contributed by atoms with Crippen molar-refractivity contribution in [2.45, 2.75) is 18.8 Å².